The second-order valence-corrected chi connectivity index (χ2v) is 7.64. The van der Waals surface area contributed by atoms with Crippen LogP contribution in [0.1, 0.15) is 30.1 Å². The van der Waals surface area contributed by atoms with E-state index in [4.69, 9.17) is 0 Å². The van der Waals surface area contributed by atoms with Gasteiger partial charge in [0.15, 0.2) is 0 Å². The number of anilines is 1. The lowest BCUT2D eigenvalue weighted by Crippen LogP contribution is -2.54. The molecule has 1 aliphatic carbocycles. The molecule has 1 aromatic rings. The molecule has 7 heteroatoms. The number of carbonyl (C=O) groups is 3. The van der Waals surface area contributed by atoms with E-state index < -0.39 is 17.4 Å². The molecule has 1 saturated carbocycles. The van der Waals surface area contributed by atoms with Crippen LogP contribution in [0.4, 0.5) is 5.69 Å². The van der Waals surface area contributed by atoms with Crippen molar-refractivity contribution < 1.29 is 19.5 Å². The number of benzene rings is 1. The summed E-state index contributed by atoms with van der Waals surface area (Å²) in [6, 6.07) is 6.60. The number of thioether (sulfide) groups is 1. The van der Waals surface area contributed by atoms with E-state index in [0.717, 1.165) is 6.42 Å². The zero-order valence-corrected chi connectivity index (χ0v) is 14.2. The lowest BCUT2D eigenvalue weighted by Gasteiger charge is -2.24. The molecule has 24 heavy (non-hydrogen) atoms. The Morgan fingerprint density at radius 1 is 1.33 bits per heavy atom. The average molecular weight is 348 g/mol. The van der Waals surface area contributed by atoms with E-state index in [0.29, 0.717) is 35.1 Å². The third-order valence-electron chi connectivity index (χ3n) is 4.62. The Bertz CT molecular complexity index is 685. The minimum atomic E-state index is -1.20. The topological polar surface area (TPSA) is 95.5 Å². The first-order valence-corrected chi connectivity index (χ1v) is 9.11. The molecule has 1 saturated heterocycles. The molecular formula is C17H20N2O4S. The van der Waals surface area contributed by atoms with Gasteiger partial charge in [-0.2, -0.15) is 11.8 Å². The van der Waals surface area contributed by atoms with Crippen molar-refractivity contribution in [2.75, 3.05) is 16.8 Å². The van der Waals surface area contributed by atoms with Crippen molar-refractivity contribution >= 4 is 35.2 Å². The molecule has 1 aromatic carbocycles. The zero-order valence-electron chi connectivity index (χ0n) is 13.4. The second-order valence-electron chi connectivity index (χ2n) is 6.53. The third-order valence-corrected chi connectivity index (χ3v) is 5.81. The SMILES string of the molecule is CC1CC1C(=O)Nc1cccc(C(=O)NC2(C(=O)O)CCSC2)c1. The number of rotatable bonds is 5. The summed E-state index contributed by atoms with van der Waals surface area (Å²) in [4.78, 5) is 36.0. The molecular weight excluding hydrogens is 328 g/mol. The molecule has 0 radical (unpaired) electrons. The fourth-order valence-corrected chi connectivity index (χ4v) is 4.16. The van der Waals surface area contributed by atoms with E-state index in [9.17, 15) is 19.5 Å². The van der Waals surface area contributed by atoms with Crippen molar-refractivity contribution in [3.8, 4) is 0 Å². The number of hydrogen-bond donors (Lipinski definition) is 3. The Morgan fingerprint density at radius 2 is 2.08 bits per heavy atom. The summed E-state index contributed by atoms with van der Waals surface area (Å²) in [6.07, 6.45) is 1.31. The van der Waals surface area contributed by atoms with Gasteiger partial charge in [0.1, 0.15) is 5.54 Å². The molecule has 3 N–H and O–H groups in total. The number of amides is 2. The number of nitrogens with one attached hydrogen (secondary N) is 2. The van der Waals surface area contributed by atoms with Crippen LogP contribution in [-0.4, -0.2) is 39.9 Å². The first kappa shape index (κ1) is 16.8. The van der Waals surface area contributed by atoms with Gasteiger partial charge in [-0.15, -0.1) is 0 Å². The fourth-order valence-electron chi connectivity index (χ4n) is 2.84. The van der Waals surface area contributed by atoms with Crippen LogP contribution in [-0.2, 0) is 9.59 Å². The van der Waals surface area contributed by atoms with Gasteiger partial charge in [-0.3, -0.25) is 9.59 Å². The lowest BCUT2D eigenvalue weighted by molar-refractivity contribution is -0.143. The van der Waals surface area contributed by atoms with E-state index >= 15 is 0 Å². The molecule has 3 atom stereocenters. The second kappa shape index (κ2) is 6.47. The maximum atomic E-state index is 12.5. The molecule has 0 spiro atoms. The average Bonchev–Trinajstić information content (AvgIpc) is 3.08. The quantitative estimate of drug-likeness (QED) is 0.756. The highest BCUT2D eigenvalue weighted by Crippen LogP contribution is 2.38. The van der Waals surface area contributed by atoms with Crippen LogP contribution in [0.15, 0.2) is 24.3 Å². The summed E-state index contributed by atoms with van der Waals surface area (Å²) >= 11 is 1.52. The molecule has 0 aromatic heterocycles. The van der Waals surface area contributed by atoms with Crippen LogP contribution in [0.3, 0.4) is 0 Å². The fraction of sp³-hybridized carbons (Fsp3) is 0.471. The molecule has 3 unspecified atom stereocenters. The number of carboxylic acids is 1. The van der Waals surface area contributed by atoms with Crippen LogP contribution >= 0.6 is 11.8 Å². The molecule has 2 amide bonds. The summed E-state index contributed by atoms with van der Waals surface area (Å²) in [5, 5.41) is 14.9. The highest BCUT2D eigenvalue weighted by atomic mass is 32.2. The van der Waals surface area contributed by atoms with E-state index in [1.165, 1.54) is 11.8 Å². The zero-order chi connectivity index (χ0) is 17.3. The number of hydrogen-bond acceptors (Lipinski definition) is 4. The Kier molecular flexibility index (Phi) is 4.54. The Labute approximate surface area is 144 Å². The third kappa shape index (κ3) is 3.40. The summed E-state index contributed by atoms with van der Waals surface area (Å²) in [5.41, 5.74) is -0.309. The standard InChI is InChI=1S/C17H20N2O4S/c1-10-7-13(10)15(21)18-12-4-2-3-11(8-12)14(20)19-17(16(22)23)5-6-24-9-17/h2-4,8,10,13H,5-7,9H2,1H3,(H,18,21)(H,19,20)(H,22,23). The Balaban J connectivity index is 1.70. The minimum Gasteiger partial charge on any atom is -0.479 e. The normalized spacial score (nSPS) is 28.2. The van der Waals surface area contributed by atoms with Crippen molar-refractivity contribution in [3.05, 3.63) is 29.8 Å². The van der Waals surface area contributed by atoms with E-state index in [2.05, 4.69) is 10.6 Å². The maximum Gasteiger partial charge on any atom is 0.330 e. The molecule has 0 bridgehead atoms. The molecule has 1 heterocycles. The van der Waals surface area contributed by atoms with Crippen LogP contribution in [0.5, 0.6) is 0 Å². The summed E-state index contributed by atoms with van der Waals surface area (Å²) in [6.45, 7) is 2.03. The first-order chi connectivity index (χ1) is 11.4. The number of aliphatic carboxylic acids is 1. The molecule has 128 valence electrons. The van der Waals surface area contributed by atoms with Crippen molar-refractivity contribution in [2.45, 2.75) is 25.3 Å². The predicted molar refractivity (Wildman–Crippen MR) is 92.1 cm³/mol. The van der Waals surface area contributed by atoms with Crippen molar-refractivity contribution in [3.63, 3.8) is 0 Å². The minimum absolute atomic E-state index is 0.0331. The van der Waals surface area contributed by atoms with Gasteiger partial charge < -0.3 is 15.7 Å². The van der Waals surface area contributed by atoms with E-state index in [1.807, 2.05) is 6.92 Å². The van der Waals surface area contributed by atoms with Gasteiger partial charge in [0.05, 0.1) is 0 Å². The summed E-state index contributed by atoms with van der Waals surface area (Å²) < 4.78 is 0. The molecule has 2 fully saturated rings. The smallest absolute Gasteiger partial charge is 0.330 e. The monoisotopic (exact) mass is 348 g/mol. The molecule has 6 nitrogen and oxygen atoms in total. The maximum absolute atomic E-state index is 12.5. The van der Waals surface area contributed by atoms with Crippen LogP contribution in [0.2, 0.25) is 0 Å². The summed E-state index contributed by atoms with van der Waals surface area (Å²) in [7, 11) is 0. The predicted octanol–water partition coefficient (Wildman–Crippen LogP) is 1.97. The molecule has 2 aliphatic rings. The first-order valence-electron chi connectivity index (χ1n) is 7.96. The largest absolute Gasteiger partial charge is 0.479 e. The van der Waals surface area contributed by atoms with Gasteiger partial charge in [-0.25, -0.2) is 4.79 Å². The summed E-state index contributed by atoms with van der Waals surface area (Å²) in [5.74, 6) is 0.0601. The lowest BCUT2D eigenvalue weighted by atomic mass is 9.98. The van der Waals surface area contributed by atoms with Gasteiger partial charge >= 0.3 is 5.97 Å². The van der Waals surface area contributed by atoms with Crippen LogP contribution in [0.25, 0.3) is 0 Å². The van der Waals surface area contributed by atoms with Gasteiger partial charge in [0.2, 0.25) is 5.91 Å². The van der Waals surface area contributed by atoms with Crippen molar-refractivity contribution in [1.29, 1.82) is 0 Å². The van der Waals surface area contributed by atoms with E-state index in [-0.39, 0.29) is 11.8 Å². The number of carbonyl (C=O) groups excluding carboxylic acids is 2. The van der Waals surface area contributed by atoms with Gasteiger partial charge in [-0.1, -0.05) is 13.0 Å². The highest BCUT2D eigenvalue weighted by molar-refractivity contribution is 7.99. The van der Waals surface area contributed by atoms with Crippen LogP contribution in [0, 0.1) is 11.8 Å². The van der Waals surface area contributed by atoms with Crippen LogP contribution < -0.4 is 10.6 Å². The van der Waals surface area contributed by atoms with Gasteiger partial charge in [-0.05, 0) is 42.7 Å². The number of carboxylic acid groups (broad SMARTS) is 1. The molecule has 1 aliphatic heterocycles. The van der Waals surface area contributed by atoms with Crippen molar-refractivity contribution in [1.82, 2.24) is 5.32 Å². The van der Waals surface area contributed by atoms with Gasteiger partial charge in [0, 0.05) is 22.9 Å². The highest BCUT2D eigenvalue weighted by Gasteiger charge is 2.43. The van der Waals surface area contributed by atoms with Crippen molar-refractivity contribution in [2.24, 2.45) is 11.8 Å². The Hall–Kier alpha value is -2.02. The van der Waals surface area contributed by atoms with Gasteiger partial charge in [0.25, 0.3) is 5.91 Å². The van der Waals surface area contributed by atoms with E-state index in [1.54, 1.807) is 24.3 Å². The Morgan fingerprint density at radius 3 is 2.67 bits per heavy atom. The molecule has 3 rings (SSSR count).